The zero-order chi connectivity index (χ0) is 23.8. The maximum atomic E-state index is 14.2. The molecule has 1 aliphatic carbocycles. The van der Waals surface area contributed by atoms with Gasteiger partial charge in [0.15, 0.2) is 0 Å². The van der Waals surface area contributed by atoms with Crippen molar-refractivity contribution in [2.75, 3.05) is 0 Å². The smallest absolute Gasteiger partial charge is 0.205 e. The number of benzene rings is 2. The highest BCUT2D eigenvalue weighted by atomic mass is 19.4. The van der Waals surface area contributed by atoms with Crippen molar-refractivity contribution in [3.63, 3.8) is 0 Å². The molecule has 1 fully saturated rings. The summed E-state index contributed by atoms with van der Waals surface area (Å²) in [5.41, 5.74) is 1.26. The van der Waals surface area contributed by atoms with E-state index in [0.29, 0.717) is 11.5 Å². The lowest BCUT2D eigenvalue weighted by molar-refractivity contribution is -0.0696. The number of hydrogen-bond acceptors (Lipinski definition) is 0. The summed E-state index contributed by atoms with van der Waals surface area (Å²) in [7, 11) is 0. The van der Waals surface area contributed by atoms with E-state index in [1.54, 1.807) is 5.92 Å². The Morgan fingerprint density at radius 1 is 0.818 bits per heavy atom. The van der Waals surface area contributed by atoms with Crippen molar-refractivity contribution in [3.05, 3.63) is 59.2 Å². The molecule has 1 saturated carbocycles. The molecule has 178 valence electrons. The van der Waals surface area contributed by atoms with Gasteiger partial charge < -0.3 is 0 Å². The third-order valence-electron chi connectivity index (χ3n) is 6.65. The van der Waals surface area contributed by atoms with Gasteiger partial charge in [0.1, 0.15) is 11.6 Å². The average Bonchev–Trinajstić information content (AvgIpc) is 2.78. The van der Waals surface area contributed by atoms with Gasteiger partial charge in [-0.2, -0.15) is 13.2 Å². The van der Waals surface area contributed by atoms with Crippen molar-refractivity contribution in [1.29, 1.82) is 0 Å². The molecule has 0 saturated heterocycles. The summed E-state index contributed by atoms with van der Waals surface area (Å²) in [6.45, 7) is 2.23. The molecule has 33 heavy (non-hydrogen) atoms. The van der Waals surface area contributed by atoms with Crippen LogP contribution in [0.25, 0.3) is 11.1 Å². The second-order valence-electron chi connectivity index (χ2n) is 9.11. The number of rotatable bonds is 8. The summed E-state index contributed by atoms with van der Waals surface area (Å²) in [5, 5.41) is 0. The van der Waals surface area contributed by atoms with Crippen LogP contribution in [0.15, 0.2) is 36.4 Å². The van der Waals surface area contributed by atoms with E-state index in [2.05, 4.69) is 6.92 Å². The van der Waals surface area contributed by atoms with Crippen molar-refractivity contribution in [2.45, 2.75) is 83.2 Å². The van der Waals surface area contributed by atoms with Crippen molar-refractivity contribution >= 4 is 0 Å². The van der Waals surface area contributed by atoms with E-state index in [4.69, 9.17) is 0 Å². The molecule has 3 rings (SSSR count). The first-order valence-electron chi connectivity index (χ1n) is 12.0. The lowest BCUT2D eigenvalue weighted by Gasteiger charge is -2.29. The third kappa shape index (κ3) is 7.59. The molecule has 0 amide bonds. The SMILES string of the molecule is CCCCCCCC1CCC(c2ccc(-c3cc(F)c(C#CC(F)(F)F)c(F)c3)cc2)CC1. The number of alkyl halides is 3. The quantitative estimate of drug-likeness (QED) is 0.208. The number of hydrogen-bond donors (Lipinski definition) is 0. The summed E-state index contributed by atoms with van der Waals surface area (Å²) in [6.07, 6.45) is 7.96. The van der Waals surface area contributed by atoms with Crippen LogP contribution in [-0.2, 0) is 0 Å². The van der Waals surface area contributed by atoms with Gasteiger partial charge in [-0.3, -0.25) is 0 Å². The Hall–Kier alpha value is -2.35. The van der Waals surface area contributed by atoms with E-state index in [9.17, 15) is 22.0 Å². The molecule has 0 radical (unpaired) electrons. The Morgan fingerprint density at radius 2 is 1.42 bits per heavy atom. The van der Waals surface area contributed by atoms with Crippen LogP contribution in [0.4, 0.5) is 22.0 Å². The van der Waals surface area contributed by atoms with E-state index >= 15 is 0 Å². The second kappa shape index (κ2) is 11.7. The summed E-state index contributed by atoms with van der Waals surface area (Å²) in [5.74, 6) is 1.60. The van der Waals surface area contributed by atoms with Gasteiger partial charge in [0, 0.05) is 5.92 Å². The van der Waals surface area contributed by atoms with E-state index in [1.165, 1.54) is 56.9 Å². The predicted molar refractivity (Wildman–Crippen MR) is 123 cm³/mol. The molecular weight excluding hydrogens is 431 g/mol. The highest BCUT2D eigenvalue weighted by molar-refractivity contribution is 5.65. The molecule has 0 unspecified atom stereocenters. The molecule has 5 heteroatoms. The van der Waals surface area contributed by atoms with Crippen LogP contribution < -0.4 is 0 Å². The van der Waals surface area contributed by atoms with Crippen LogP contribution in [0, 0.1) is 29.4 Å². The van der Waals surface area contributed by atoms with Crippen LogP contribution in [0.3, 0.4) is 0 Å². The zero-order valence-electron chi connectivity index (χ0n) is 19.1. The van der Waals surface area contributed by atoms with Crippen molar-refractivity contribution in [1.82, 2.24) is 0 Å². The minimum atomic E-state index is -4.80. The molecular formula is C28H31F5. The van der Waals surface area contributed by atoms with Gasteiger partial charge in [-0.25, -0.2) is 8.78 Å². The van der Waals surface area contributed by atoms with Crippen LogP contribution >= 0.6 is 0 Å². The molecule has 2 aromatic rings. The Morgan fingerprint density at radius 3 is 2.00 bits per heavy atom. The minimum absolute atomic E-state index is 0.279. The van der Waals surface area contributed by atoms with E-state index in [0.717, 1.165) is 36.8 Å². The summed E-state index contributed by atoms with van der Waals surface area (Å²) >= 11 is 0. The monoisotopic (exact) mass is 462 g/mol. The Bertz CT molecular complexity index is 932. The Labute approximate surface area is 193 Å². The van der Waals surface area contributed by atoms with E-state index in [-0.39, 0.29) is 5.56 Å². The van der Waals surface area contributed by atoms with E-state index < -0.39 is 23.4 Å². The van der Waals surface area contributed by atoms with Gasteiger partial charge in [0.25, 0.3) is 0 Å². The van der Waals surface area contributed by atoms with Gasteiger partial charge in [-0.1, -0.05) is 75.6 Å². The molecule has 2 aromatic carbocycles. The zero-order valence-corrected chi connectivity index (χ0v) is 19.1. The molecule has 0 heterocycles. The topological polar surface area (TPSA) is 0 Å². The second-order valence-corrected chi connectivity index (χ2v) is 9.11. The van der Waals surface area contributed by atoms with Crippen molar-refractivity contribution in [3.8, 4) is 23.0 Å². The van der Waals surface area contributed by atoms with Gasteiger partial charge in [0.2, 0.25) is 0 Å². The molecule has 0 bridgehead atoms. The fourth-order valence-corrected chi connectivity index (χ4v) is 4.76. The van der Waals surface area contributed by atoms with Gasteiger partial charge in [0.05, 0.1) is 5.56 Å². The number of unbranched alkanes of at least 4 members (excludes halogenated alkanes) is 4. The first kappa shape index (κ1) is 25.3. The highest BCUT2D eigenvalue weighted by Gasteiger charge is 2.24. The molecule has 1 aliphatic rings. The van der Waals surface area contributed by atoms with Crippen molar-refractivity contribution in [2.24, 2.45) is 5.92 Å². The number of halogens is 5. The Kier molecular flexibility index (Phi) is 8.95. The predicted octanol–water partition coefficient (Wildman–Crippen LogP) is 9.18. The maximum absolute atomic E-state index is 14.2. The standard InChI is InChI=1S/C28H31F5/c1-2-3-4-5-6-7-20-8-10-21(11-9-20)22-12-14-23(15-13-22)24-18-26(29)25(27(30)19-24)16-17-28(31,32)33/h12-15,18-21H,2-11H2,1H3. The van der Waals surface area contributed by atoms with Gasteiger partial charge >= 0.3 is 6.18 Å². The molecule has 0 N–H and O–H groups in total. The summed E-state index contributed by atoms with van der Waals surface area (Å²) in [6, 6.07) is 9.71. The Balaban J connectivity index is 1.59. The molecule has 0 spiro atoms. The minimum Gasteiger partial charge on any atom is -0.205 e. The fourth-order valence-electron chi connectivity index (χ4n) is 4.76. The fraction of sp³-hybridized carbons (Fsp3) is 0.500. The lowest BCUT2D eigenvalue weighted by atomic mass is 9.77. The summed E-state index contributed by atoms with van der Waals surface area (Å²) in [4.78, 5) is 0. The first-order valence-corrected chi connectivity index (χ1v) is 12.0. The summed E-state index contributed by atoms with van der Waals surface area (Å²) < 4.78 is 65.2. The molecule has 0 atom stereocenters. The molecule has 0 aliphatic heterocycles. The average molecular weight is 463 g/mol. The lowest BCUT2D eigenvalue weighted by Crippen LogP contribution is -2.13. The first-order chi connectivity index (χ1) is 15.8. The largest absolute Gasteiger partial charge is 0.458 e. The molecule has 0 aromatic heterocycles. The maximum Gasteiger partial charge on any atom is 0.458 e. The van der Waals surface area contributed by atoms with Crippen LogP contribution in [0.5, 0.6) is 0 Å². The van der Waals surface area contributed by atoms with Gasteiger partial charge in [-0.05, 0) is 66.3 Å². The normalized spacial score (nSPS) is 18.6. The van der Waals surface area contributed by atoms with E-state index in [1.807, 2.05) is 24.3 Å². The molecule has 0 nitrogen and oxygen atoms in total. The van der Waals surface area contributed by atoms with Crippen LogP contribution in [-0.4, -0.2) is 6.18 Å². The van der Waals surface area contributed by atoms with Crippen LogP contribution in [0.1, 0.15) is 88.2 Å². The van der Waals surface area contributed by atoms with Crippen LogP contribution in [0.2, 0.25) is 0 Å². The van der Waals surface area contributed by atoms with Crippen molar-refractivity contribution < 1.29 is 22.0 Å². The highest BCUT2D eigenvalue weighted by Crippen LogP contribution is 2.38. The third-order valence-corrected chi connectivity index (χ3v) is 6.65. The van der Waals surface area contributed by atoms with Gasteiger partial charge in [-0.15, -0.1) is 0 Å².